The molecule has 0 spiro atoms. The molecule has 0 aliphatic rings. The van der Waals surface area contributed by atoms with Crippen LogP contribution in [0.2, 0.25) is 5.02 Å². The van der Waals surface area contributed by atoms with Gasteiger partial charge in [0.2, 0.25) is 0 Å². The number of benzene rings is 2. The number of halogens is 1. The molecule has 0 saturated carbocycles. The maximum Gasteiger partial charge on any atom is 0.0913 e. The normalized spacial score (nSPS) is 11.3. The van der Waals surface area contributed by atoms with Crippen LogP contribution < -0.4 is 0 Å². The molecule has 2 aromatic carbocycles. The summed E-state index contributed by atoms with van der Waals surface area (Å²) in [6.45, 7) is 2.63. The zero-order valence-electron chi connectivity index (χ0n) is 10.3. The molecule has 0 aliphatic heterocycles. The lowest BCUT2D eigenvalue weighted by atomic mass is 9.99. The van der Waals surface area contributed by atoms with E-state index < -0.39 is 0 Å². The Balaban J connectivity index is 2.40. The van der Waals surface area contributed by atoms with Crippen molar-refractivity contribution in [1.82, 2.24) is 0 Å². The molecule has 0 heterocycles. The van der Waals surface area contributed by atoms with Crippen molar-refractivity contribution < 1.29 is 4.74 Å². The highest BCUT2D eigenvalue weighted by Crippen LogP contribution is 2.24. The van der Waals surface area contributed by atoms with E-state index in [9.17, 15) is 0 Å². The van der Waals surface area contributed by atoms with Crippen molar-refractivity contribution in [2.75, 3.05) is 6.61 Å². The van der Waals surface area contributed by atoms with Crippen molar-refractivity contribution in [3.05, 3.63) is 77.0 Å². The summed E-state index contributed by atoms with van der Waals surface area (Å²) in [6.07, 6.45) is 1.80. The van der Waals surface area contributed by atoms with Gasteiger partial charge < -0.3 is 4.74 Å². The van der Waals surface area contributed by atoms with Crippen molar-refractivity contribution in [3.8, 4) is 0 Å². The van der Waals surface area contributed by atoms with Crippen molar-refractivity contribution >= 4 is 17.2 Å². The number of rotatable bonds is 4. The Morgan fingerprint density at radius 3 is 2.22 bits per heavy atom. The van der Waals surface area contributed by atoms with E-state index in [2.05, 4.69) is 12.1 Å². The first-order chi connectivity index (χ1) is 8.81. The van der Waals surface area contributed by atoms with E-state index in [1.807, 2.05) is 49.4 Å². The molecule has 0 radical (unpaired) electrons. The molecule has 0 atom stereocenters. The second-order valence-corrected chi connectivity index (χ2v) is 4.30. The van der Waals surface area contributed by atoms with Crippen molar-refractivity contribution in [3.63, 3.8) is 0 Å². The van der Waals surface area contributed by atoms with Crippen LogP contribution in [0.4, 0.5) is 0 Å². The summed E-state index contributed by atoms with van der Waals surface area (Å²) in [4.78, 5) is 0. The molecule has 2 aromatic rings. The lowest BCUT2D eigenvalue weighted by Gasteiger charge is -2.08. The third-order valence-electron chi connectivity index (χ3n) is 2.61. The smallest absolute Gasteiger partial charge is 0.0913 e. The Labute approximate surface area is 113 Å². The van der Waals surface area contributed by atoms with E-state index >= 15 is 0 Å². The third-order valence-corrected chi connectivity index (χ3v) is 2.86. The van der Waals surface area contributed by atoms with Gasteiger partial charge in [-0.25, -0.2) is 0 Å². The zero-order chi connectivity index (χ0) is 12.8. The minimum atomic E-state index is 0.657. The third kappa shape index (κ3) is 3.14. The number of ether oxygens (including phenoxy) is 1. The maximum absolute atomic E-state index is 5.92. The van der Waals surface area contributed by atoms with Crippen LogP contribution in [0.15, 0.2) is 60.9 Å². The van der Waals surface area contributed by atoms with Gasteiger partial charge in [0, 0.05) is 10.6 Å². The van der Waals surface area contributed by atoms with Crippen LogP contribution in [0.25, 0.3) is 5.57 Å². The summed E-state index contributed by atoms with van der Waals surface area (Å²) >= 11 is 5.92. The lowest BCUT2D eigenvalue weighted by molar-refractivity contribution is 0.271. The van der Waals surface area contributed by atoms with Crippen LogP contribution in [-0.4, -0.2) is 6.61 Å². The van der Waals surface area contributed by atoms with Crippen molar-refractivity contribution in [2.24, 2.45) is 0 Å². The molecule has 0 bridgehead atoms. The molecule has 2 heteroatoms. The molecule has 0 N–H and O–H groups in total. The van der Waals surface area contributed by atoms with Gasteiger partial charge in [-0.1, -0.05) is 54.1 Å². The summed E-state index contributed by atoms with van der Waals surface area (Å²) in [6, 6.07) is 18.0. The number of hydrogen-bond acceptors (Lipinski definition) is 1. The molecule has 0 saturated heterocycles. The van der Waals surface area contributed by atoms with Crippen LogP contribution in [0.5, 0.6) is 0 Å². The zero-order valence-corrected chi connectivity index (χ0v) is 11.0. The van der Waals surface area contributed by atoms with E-state index in [1.54, 1.807) is 6.26 Å². The summed E-state index contributed by atoms with van der Waals surface area (Å²) in [5.74, 6) is 0. The van der Waals surface area contributed by atoms with E-state index in [4.69, 9.17) is 16.3 Å². The van der Waals surface area contributed by atoms with Gasteiger partial charge in [0.1, 0.15) is 0 Å². The molecule has 2 rings (SSSR count). The van der Waals surface area contributed by atoms with Gasteiger partial charge in [0.15, 0.2) is 0 Å². The first kappa shape index (κ1) is 12.7. The fraction of sp³-hybridized carbons (Fsp3) is 0.125. The molecule has 1 nitrogen and oxygen atoms in total. The van der Waals surface area contributed by atoms with Crippen LogP contribution >= 0.6 is 11.6 Å². The van der Waals surface area contributed by atoms with Gasteiger partial charge in [0.05, 0.1) is 12.9 Å². The summed E-state index contributed by atoms with van der Waals surface area (Å²) in [5, 5.41) is 0.738. The second kappa shape index (κ2) is 6.27. The molecule has 18 heavy (non-hydrogen) atoms. The predicted molar refractivity (Wildman–Crippen MR) is 76.6 cm³/mol. The van der Waals surface area contributed by atoms with Crippen LogP contribution in [-0.2, 0) is 4.74 Å². The van der Waals surface area contributed by atoms with Gasteiger partial charge in [-0.05, 0) is 30.2 Å². The minimum absolute atomic E-state index is 0.657. The highest BCUT2D eigenvalue weighted by atomic mass is 35.5. The van der Waals surface area contributed by atoms with Gasteiger partial charge >= 0.3 is 0 Å². The predicted octanol–water partition coefficient (Wildman–Crippen LogP) is 4.77. The highest BCUT2D eigenvalue weighted by molar-refractivity contribution is 6.30. The first-order valence-corrected chi connectivity index (χ1v) is 6.32. The Hall–Kier alpha value is -1.73. The van der Waals surface area contributed by atoms with Crippen LogP contribution in [0, 0.1) is 0 Å². The van der Waals surface area contributed by atoms with Gasteiger partial charge in [-0.15, -0.1) is 0 Å². The van der Waals surface area contributed by atoms with Crippen molar-refractivity contribution in [2.45, 2.75) is 6.92 Å². The minimum Gasteiger partial charge on any atom is -0.501 e. The molecule has 0 fully saturated rings. The SMILES string of the molecule is CCO/C=C(/c1ccccc1)c1ccc(Cl)cc1. The molecule has 0 unspecified atom stereocenters. The Morgan fingerprint density at radius 2 is 1.61 bits per heavy atom. The molecular formula is C16H15ClO. The summed E-state index contributed by atoms with van der Waals surface area (Å²) in [5.41, 5.74) is 3.29. The topological polar surface area (TPSA) is 9.23 Å². The molecular weight excluding hydrogens is 244 g/mol. The van der Waals surface area contributed by atoms with E-state index in [0.29, 0.717) is 6.61 Å². The standard InChI is InChI=1S/C16H15ClO/c1-2-18-12-16(13-6-4-3-5-7-13)14-8-10-15(17)11-9-14/h3-12H,2H2,1H3/b16-12-. The van der Waals surface area contributed by atoms with Crippen LogP contribution in [0.3, 0.4) is 0 Å². The molecule has 92 valence electrons. The Kier molecular flexibility index (Phi) is 4.43. The van der Waals surface area contributed by atoms with Crippen LogP contribution in [0.1, 0.15) is 18.1 Å². The van der Waals surface area contributed by atoms with E-state index in [1.165, 1.54) is 0 Å². The Bertz CT molecular complexity index is 515. The quantitative estimate of drug-likeness (QED) is 0.718. The average molecular weight is 259 g/mol. The van der Waals surface area contributed by atoms with E-state index in [0.717, 1.165) is 21.7 Å². The highest BCUT2D eigenvalue weighted by Gasteiger charge is 2.05. The number of hydrogen-bond donors (Lipinski definition) is 0. The fourth-order valence-electron chi connectivity index (χ4n) is 1.72. The molecule has 0 aliphatic carbocycles. The average Bonchev–Trinajstić information content (AvgIpc) is 2.42. The fourth-order valence-corrected chi connectivity index (χ4v) is 1.84. The first-order valence-electron chi connectivity index (χ1n) is 5.94. The molecule has 0 aromatic heterocycles. The lowest BCUT2D eigenvalue weighted by Crippen LogP contribution is -1.90. The second-order valence-electron chi connectivity index (χ2n) is 3.86. The monoisotopic (exact) mass is 258 g/mol. The summed E-state index contributed by atoms with van der Waals surface area (Å²) in [7, 11) is 0. The van der Waals surface area contributed by atoms with Crippen molar-refractivity contribution in [1.29, 1.82) is 0 Å². The van der Waals surface area contributed by atoms with Gasteiger partial charge in [-0.3, -0.25) is 0 Å². The molecule has 0 amide bonds. The van der Waals surface area contributed by atoms with E-state index in [-0.39, 0.29) is 0 Å². The summed E-state index contributed by atoms with van der Waals surface area (Å²) < 4.78 is 5.44. The Morgan fingerprint density at radius 1 is 1.00 bits per heavy atom. The largest absolute Gasteiger partial charge is 0.501 e. The maximum atomic E-state index is 5.92. The van der Waals surface area contributed by atoms with Gasteiger partial charge in [-0.2, -0.15) is 0 Å². The van der Waals surface area contributed by atoms with Gasteiger partial charge in [0.25, 0.3) is 0 Å².